The molecule has 1 aromatic heterocycles. The molecular formula is C29H25N3O2S. The number of rotatable bonds is 5. The van der Waals surface area contributed by atoms with Crippen LogP contribution in [0.5, 0.6) is 0 Å². The van der Waals surface area contributed by atoms with Gasteiger partial charge in [-0.1, -0.05) is 53.7 Å². The summed E-state index contributed by atoms with van der Waals surface area (Å²) in [5, 5.41) is 2.94. The summed E-state index contributed by atoms with van der Waals surface area (Å²) < 4.78 is 0. The number of hydrogen-bond donors (Lipinski definition) is 1. The standard InChI is InChI=1S/C29H25N3O2S/c1-19-10-11-20(2)22(15-19)18-32-25-16-21(28(33)31-17-23-7-5-6-14-30-23)12-13-27(25)35-26-9-4-3-8-24(26)29(32)34/h3-16H,17-18H2,1-2H3,(H,31,33). The van der Waals surface area contributed by atoms with Crippen molar-refractivity contribution in [2.24, 2.45) is 0 Å². The first-order valence-corrected chi connectivity index (χ1v) is 12.3. The zero-order chi connectivity index (χ0) is 24.4. The van der Waals surface area contributed by atoms with Crippen molar-refractivity contribution in [1.29, 1.82) is 0 Å². The molecule has 3 aromatic carbocycles. The molecule has 0 spiro atoms. The van der Waals surface area contributed by atoms with Crippen LogP contribution in [-0.2, 0) is 13.1 Å². The number of carbonyl (C=O) groups is 2. The lowest BCUT2D eigenvalue weighted by molar-refractivity contribution is 0.0947. The molecule has 0 saturated heterocycles. The topological polar surface area (TPSA) is 62.3 Å². The van der Waals surface area contributed by atoms with Crippen molar-refractivity contribution in [3.63, 3.8) is 0 Å². The van der Waals surface area contributed by atoms with Crippen LogP contribution in [0.15, 0.2) is 94.9 Å². The Kier molecular flexibility index (Phi) is 6.38. The average Bonchev–Trinajstić information content (AvgIpc) is 2.99. The van der Waals surface area contributed by atoms with E-state index in [1.807, 2.05) is 60.7 Å². The van der Waals surface area contributed by atoms with Crippen molar-refractivity contribution < 1.29 is 9.59 Å². The Morgan fingerprint density at radius 3 is 2.60 bits per heavy atom. The van der Waals surface area contributed by atoms with Gasteiger partial charge in [0.15, 0.2) is 0 Å². The van der Waals surface area contributed by atoms with Crippen LogP contribution in [0, 0.1) is 13.8 Å². The average molecular weight is 480 g/mol. The number of fused-ring (bicyclic) bond motifs is 2. The number of carbonyl (C=O) groups excluding carboxylic acids is 2. The number of anilines is 1. The van der Waals surface area contributed by atoms with Gasteiger partial charge in [-0.05, 0) is 67.4 Å². The Labute approximate surface area is 209 Å². The van der Waals surface area contributed by atoms with Gasteiger partial charge in [-0.2, -0.15) is 0 Å². The van der Waals surface area contributed by atoms with Gasteiger partial charge in [-0.3, -0.25) is 14.6 Å². The van der Waals surface area contributed by atoms with E-state index in [1.165, 1.54) is 0 Å². The molecule has 0 radical (unpaired) electrons. The quantitative estimate of drug-likeness (QED) is 0.385. The zero-order valence-electron chi connectivity index (χ0n) is 19.6. The predicted molar refractivity (Wildman–Crippen MR) is 139 cm³/mol. The van der Waals surface area contributed by atoms with Crippen LogP contribution in [0.4, 0.5) is 5.69 Å². The van der Waals surface area contributed by atoms with Crippen molar-refractivity contribution in [3.05, 3.63) is 119 Å². The third-order valence-corrected chi connectivity index (χ3v) is 7.22. The Balaban J connectivity index is 1.52. The fourth-order valence-corrected chi connectivity index (χ4v) is 5.19. The molecule has 0 atom stereocenters. The van der Waals surface area contributed by atoms with Gasteiger partial charge < -0.3 is 10.2 Å². The molecule has 5 rings (SSSR count). The highest BCUT2D eigenvalue weighted by Crippen LogP contribution is 2.42. The largest absolute Gasteiger partial charge is 0.346 e. The number of nitrogens with one attached hydrogen (secondary N) is 1. The first kappa shape index (κ1) is 22.9. The van der Waals surface area contributed by atoms with Crippen molar-refractivity contribution in [3.8, 4) is 0 Å². The molecule has 1 aliphatic rings. The Hall–Kier alpha value is -3.90. The number of amides is 2. The first-order valence-electron chi connectivity index (χ1n) is 11.5. The van der Waals surface area contributed by atoms with Gasteiger partial charge in [0.1, 0.15) is 0 Å². The SMILES string of the molecule is Cc1ccc(C)c(CN2C(=O)c3ccccc3Sc3ccc(C(=O)NCc4ccccn4)cc32)c1. The molecule has 1 aliphatic heterocycles. The van der Waals surface area contributed by atoms with E-state index in [2.05, 4.69) is 42.3 Å². The van der Waals surface area contributed by atoms with Crippen molar-refractivity contribution in [2.45, 2.75) is 36.7 Å². The molecule has 0 aliphatic carbocycles. The summed E-state index contributed by atoms with van der Waals surface area (Å²) in [5.74, 6) is -0.275. The second-order valence-corrected chi connectivity index (χ2v) is 9.69. The van der Waals surface area contributed by atoms with E-state index >= 15 is 0 Å². The van der Waals surface area contributed by atoms with Crippen LogP contribution >= 0.6 is 11.8 Å². The second kappa shape index (κ2) is 9.76. The maximum Gasteiger partial charge on any atom is 0.259 e. The summed E-state index contributed by atoms with van der Waals surface area (Å²) in [6.45, 7) is 4.87. The van der Waals surface area contributed by atoms with Crippen LogP contribution in [0.1, 0.15) is 43.1 Å². The lowest BCUT2D eigenvalue weighted by Gasteiger charge is -2.25. The van der Waals surface area contributed by atoms with E-state index in [4.69, 9.17) is 0 Å². The van der Waals surface area contributed by atoms with Gasteiger partial charge in [0.25, 0.3) is 11.8 Å². The molecule has 0 saturated carbocycles. The number of benzene rings is 3. The van der Waals surface area contributed by atoms with Gasteiger partial charge in [0.2, 0.25) is 0 Å². The molecule has 5 nitrogen and oxygen atoms in total. The lowest BCUT2D eigenvalue weighted by atomic mass is 10.0. The maximum atomic E-state index is 13.8. The first-order chi connectivity index (χ1) is 17.0. The molecule has 35 heavy (non-hydrogen) atoms. The molecule has 0 bridgehead atoms. The molecular weight excluding hydrogens is 454 g/mol. The number of pyridine rings is 1. The normalized spacial score (nSPS) is 12.5. The molecule has 0 fully saturated rings. The number of hydrogen-bond acceptors (Lipinski definition) is 4. The summed E-state index contributed by atoms with van der Waals surface area (Å²) in [5.41, 5.74) is 6.05. The highest BCUT2D eigenvalue weighted by molar-refractivity contribution is 7.99. The van der Waals surface area contributed by atoms with Crippen LogP contribution in [0.25, 0.3) is 0 Å². The van der Waals surface area contributed by atoms with Gasteiger partial charge >= 0.3 is 0 Å². The summed E-state index contributed by atoms with van der Waals surface area (Å²) >= 11 is 1.56. The molecule has 4 aromatic rings. The van der Waals surface area contributed by atoms with Crippen LogP contribution in [0.3, 0.4) is 0 Å². The molecule has 2 heterocycles. The maximum absolute atomic E-state index is 13.8. The van der Waals surface area contributed by atoms with E-state index in [9.17, 15) is 9.59 Å². The van der Waals surface area contributed by atoms with Crippen LogP contribution in [0.2, 0.25) is 0 Å². The number of nitrogens with zero attached hydrogens (tertiary/aromatic N) is 2. The van der Waals surface area contributed by atoms with Crippen LogP contribution < -0.4 is 10.2 Å². The van der Waals surface area contributed by atoms with Crippen molar-refractivity contribution >= 4 is 29.3 Å². The minimum atomic E-state index is -0.204. The monoisotopic (exact) mass is 479 g/mol. The van der Waals surface area contributed by atoms with E-state index in [0.717, 1.165) is 37.9 Å². The molecule has 1 N–H and O–H groups in total. The highest BCUT2D eigenvalue weighted by Gasteiger charge is 2.28. The summed E-state index contributed by atoms with van der Waals surface area (Å²) in [6.07, 6.45) is 1.70. The summed E-state index contributed by atoms with van der Waals surface area (Å²) in [6, 6.07) is 25.1. The lowest BCUT2D eigenvalue weighted by Crippen LogP contribution is -2.31. The molecule has 174 valence electrons. The van der Waals surface area contributed by atoms with Crippen molar-refractivity contribution in [2.75, 3.05) is 4.90 Å². The smallest absolute Gasteiger partial charge is 0.259 e. The van der Waals surface area contributed by atoms with E-state index in [1.54, 1.807) is 22.9 Å². The Morgan fingerprint density at radius 1 is 0.943 bits per heavy atom. The van der Waals surface area contributed by atoms with E-state index < -0.39 is 0 Å². The fourth-order valence-electron chi connectivity index (χ4n) is 4.13. The number of aryl methyl sites for hydroxylation is 2. The Morgan fingerprint density at radius 2 is 1.77 bits per heavy atom. The van der Waals surface area contributed by atoms with Gasteiger partial charge in [0.05, 0.1) is 30.0 Å². The predicted octanol–water partition coefficient (Wildman–Crippen LogP) is 5.94. The van der Waals surface area contributed by atoms with Gasteiger partial charge in [0, 0.05) is 21.6 Å². The third-order valence-electron chi connectivity index (χ3n) is 6.08. The second-order valence-electron chi connectivity index (χ2n) is 8.61. The van der Waals surface area contributed by atoms with Gasteiger partial charge in [-0.25, -0.2) is 0 Å². The van der Waals surface area contributed by atoms with Crippen molar-refractivity contribution in [1.82, 2.24) is 10.3 Å². The summed E-state index contributed by atoms with van der Waals surface area (Å²) in [4.78, 5) is 34.7. The molecule has 2 amide bonds. The minimum Gasteiger partial charge on any atom is -0.346 e. The van der Waals surface area contributed by atoms with E-state index in [0.29, 0.717) is 24.2 Å². The fraction of sp³-hybridized carbons (Fsp3) is 0.138. The number of aromatic nitrogens is 1. The van der Waals surface area contributed by atoms with E-state index in [-0.39, 0.29) is 11.8 Å². The zero-order valence-corrected chi connectivity index (χ0v) is 20.4. The molecule has 6 heteroatoms. The minimum absolute atomic E-state index is 0.0706. The van der Waals surface area contributed by atoms with Gasteiger partial charge in [-0.15, -0.1) is 0 Å². The van der Waals surface area contributed by atoms with Crippen LogP contribution in [-0.4, -0.2) is 16.8 Å². The third kappa shape index (κ3) is 4.84. The molecule has 0 unspecified atom stereocenters. The Bertz CT molecular complexity index is 1420. The summed E-state index contributed by atoms with van der Waals surface area (Å²) in [7, 11) is 0. The highest BCUT2D eigenvalue weighted by atomic mass is 32.2.